The van der Waals surface area contributed by atoms with Crippen LogP contribution in [0.4, 0.5) is 5.95 Å². The van der Waals surface area contributed by atoms with Crippen LogP contribution in [0.3, 0.4) is 0 Å². The van der Waals surface area contributed by atoms with Gasteiger partial charge in [0.15, 0.2) is 5.16 Å². The molecule has 0 bridgehead atoms. The summed E-state index contributed by atoms with van der Waals surface area (Å²) in [7, 11) is 1.83. The number of amides is 1. The Labute approximate surface area is 201 Å². The van der Waals surface area contributed by atoms with Crippen molar-refractivity contribution in [3.63, 3.8) is 0 Å². The maximum atomic E-state index is 12.9. The van der Waals surface area contributed by atoms with Gasteiger partial charge in [0.25, 0.3) is 0 Å². The molecule has 0 radical (unpaired) electrons. The Morgan fingerprint density at radius 3 is 2.61 bits per heavy atom. The number of fused-ring (bicyclic) bond motifs is 1. The maximum Gasteiger partial charge on any atom is 0.233 e. The third-order valence-corrected chi connectivity index (χ3v) is 7.69. The molecule has 1 fully saturated rings. The summed E-state index contributed by atoms with van der Waals surface area (Å²) in [5.74, 6) is 1.19. The highest BCUT2D eigenvalue weighted by molar-refractivity contribution is 7.99. The standard InChI is InChI=1S/C24H26N6OS2/c1-17-9-11-18(12-10-17)30-23(29-13-5-6-14-29)26-27-24(30)32-16-22(31)28(2)15-21-25-19-7-3-4-8-20(19)33-21/h3-4,7-12H,5-6,13-16H2,1-2H3. The van der Waals surface area contributed by atoms with E-state index < -0.39 is 0 Å². The zero-order chi connectivity index (χ0) is 22.8. The number of para-hydroxylation sites is 1. The van der Waals surface area contributed by atoms with Crippen LogP contribution in [-0.2, 0) is 11.3 Å². The molecule has 0 unspecified atom stereocenters. The third-order valence-electron chi connectivity index (χ3n) is 5.76. The molecule has 1 aliphatic heterocycles. The molecule has 2 aromatic carbocycles. The van der Waals surface area contributed by atoms with Gasteiger partial charge in [-0.05, 0) is 44.0 Å². The van der Waals surface area contributed by atoms with Crippen molar-refractivity contribution < 1.29 is 4.79 Å². The summed E-state index contributed by atoms with van der Waals surface area (Å²) < 4.78 is 3.22. The van der Waals surface area contributed by atoms with Crippen molar-refractivity contribution in [2.24, 2.45) is 0 Å². The fourth-order valence-corrected chi connectivity index (χ4v) is 5.82. The van der Waals surface area contributed by atoms with Gasteiger partial charge in [0.05, 0.1) is 28.2 Å². The summed E-state index contributed by atoms with van der Waals surface area (Å²) in [6.45, 7) is 4.55. The van der Waals surface area contributed by atoms with Crippen LogP contribution in [0.15, 0.2) is 53.7 Å². The fraction of sp³-hybridized carbons (Fsp3) is 0.333. The summed E-state index contributed by atoms with van der Waals surface area (Å²) in [6, 6.07) is 16.4. The molecule has 0 saturated carbocycles. The van der Waals surface area contributed by atoms with Crippen LogP contribution in [0, 0.1) is 6.92 Å². The predicted octanol–water partition coefficient (Wildman–Crippen LogP) is 4.54. The normalized spacial score (nSPS) is 13.7. The highest BCUT2D eigenvalue weighted by atomic mass is 32.2. The van der Waals surface area contributed by atoms with Crippen LogP contribution in [-0.4, -0.2) is 56.4 Å². The third kappa shape index (κ3) is 4.74. The van der Waals surface area contributed by atoms with Gasteiger partial charge >= 0.3 is 0 Å². The molecule has 1 aliphatic rings. The molecule has 7 nitrogen and oxygen atoms in total. The number of aromatic nitrogens is 4. The van der Waals surface area contributed by atoms with Gasteiger partial charge in [0, 0.05) is 20.1 Å². The smallest absolute Gasteiger partial charge is 0.233 e. The first-order chi connectivity index (χ1) is 16.1. The Hall–Kier alpha value is -2.91. The number of thiazole rings is 1. The van der Waals surface area contributed by atoms with E-state index in [1.165, 1.54) is 17.3 Å². The highest BCUT2D eigenvalue weighted by Gasteiger charge is 2.23. The molecule has 170 valence electrons. The lowest BCUT2D eigenvalue weighted by atomic mass is 10.2. The van der Waals surface area contributed by atoms with Crippen molar-refractivity contribution in [2.45, 2.75) is 31.5 Å². The molecule has 9 heteroatoms. The number of nitrogens with zero attached hydrogens (tertiary/aromatic N) is 6. The Morgan fingerprint density at radius 1 is 1.09 bits per heavy atom. The van der Waals surface area contributed by atoms with E-state index in [1.54, 1.807) is 16.2 Å². The predicted molar refractivity (Wildman–Crippen MR) is 134 cm³/mol. The Kier molecular flexibility index (Phi) is 6.32. The van der Waals surface area contributed by atoms with E-state index >= 15 is 0 Å². The molecule has 5 rings (SSSR count). The summed E-state index contributed by atoms with van der Waals surface area (Å²) in [4.78, 5) is 21.6. The van der Waals surface area contributed by atoms with E-state index in [0.717, 1.165) is 57.9 Å². The van der Waals surface area contributed by atoms with E-state index in [9.17, 15) is 4.79 Å². The molecule has 0 spiro atoms. The summed E-state index contributed by atoms with van der Waals surface area (Å²) in [5, 5.41) is 10.6. The Balaban J connectivity index is 1.31. The molecule has 0 atom stereocenters. The van der Waals surface area contributed by atoms with Gasteiger partial charge in [-0.25, -0.2) is 4.98 Å². The van der Waals surface area contributed by atoms with Crippen molar-refractivity contribution in [2.75, 3.05) is 30.8 Å². The molecule has 1 amide bonds. The number of carbonyl (C=O) groups excluding carboxylic acids is 1. The number of rotatable bonds is 7. The first-order valence-corrected chi connectivity index (χ1v) is 12.9. The molecule has 0 N–H and O–H groups in total. The lowest BCUT2D eigenvalue weighted by Gasteiger charge is -2.19. The van der Waals surface area contributed by atoms with Crippen LogP contribution in [0.5, 0.6) is 0 Å². The van der Waals surface area contributed by atoms with Gasteiger partial charge in [-0.2, -0.15) is 0 Å². The van der Waals surface area contributed by atoms with Crippen molar-refractivity contribution in [1.82, 2.24) is 24.6 Å². The van der Waals surface area contributed by atoms with Crippen LogP contribution < -0.4 is 4.90 Å². The van der Waals surface area contributed by atoms with Crippen molar-refractivity contribution >= 4 is 45.2 Å². The molecule has 33 heavy (non-hydrogen) atoms. The maximum absolute atomic E-state index is 12.9. The van der Waals surface area contributed by atoms with Crippen LogP contribution in [0.2, 0.25) is 0 Å². The van der Waals surface area contributed by atoms with Crippen LogP contribution in [0.1, 0.15) is 23.4 Å². The van der Waals surface area contributed by atoms with Crippen LogP contribution in [0.25, 0.3) is 15.9 Å². The highest BCUT2D eigenvalue weighted by Crippen LogP contribution is 2.29. The zero-order valence-electron chi connectivity index (χ0n) is 18.8. The average Bonchev–Trinajstić information content (AvgIpc) is 3.56. The molecule has 4 aromatic rings. The number of anilines is 1. The van der Waals surface area contributed by atoms with E-state index in [-0.39, 0.29) is 5.91 Å². The Morgan fingerprint density at radius 2 is 1.85 bits per heavy atom. The van der Waals surface area contributed by atoms with E-state index in [2.05, 4.69) is 61.9 Å². The lowest BCUT2D eigenvalue weighted by molar-refractivity contribution is -0.127. The van der Waals surface area contributed by atoms with Crippen molar-refractivity contribution in [3.8, 4) is 5.69 Å². The monoisotopic (exact) mass is 478 g/mol. The minimum Gasteiger partial charge on any atom is -0.341 e. The number of aryl methyl sites for hydroxylation is 1. The topological polar surface area (TPSA) is 67.2 Å². The number of carbonyl (C=O) groups is 1. The first-order valence-electron chi connectivity index (χ1n) is 11.1. The largest absolute Gasteiger partial charge is 0.341 e. The average molecular weight is 479 g/mol. The number of hydrogen-bond donors (Lipinski definition) is 0. The molecule has 2 aromatic heterocycles. The molecular formula is C24H26N6OS2. The minimum absolute atomic E-state index is 0.0421. The lowest BCUT2D eigenvalue weighted by Crippen LogP contribution is -2.28. The number of hydrogen-bond acceptors (Lipinski definition) is 7. The molecular weight excluding hydrogens is 452 g/mol. The van der Waals surface area contributed by atoms with Crippen LogP contribution >= 0.6 is 23.1 Å². The number of thioether (sulfide) groups is 1. The quantitative estimate of drug-likeness (QED) is 0.364. The minimum atomic E-state index is 0.0421. The summed E-state index contributed by atoms with van der Waals surface area (Å²) in [6.07, 6.45) is 2.33. The van der Waals surface area contributed by atoms with Crippen molar-refractivity contribution in [3.05, 3.63) is 59.1 Å². The number of benzene rings is 2. The second kappa shape index (κ2) is 9.52. The van der Waals surface area contributed by atoms with Gasteiger partial charge in [-0.1, -0.05) is 41.6 Å². The zero-order valence-corrected chi connectivity index (χ0v) is 20.4. The Bertz CT molecular complexity index is 1230. The second-order valence-corrected chi connectivity index (χ2v) is 10.3. The summed E-state index contributed by atoms with van der Waals surface area (Å²) in [5.41, 5.74) is 3.20. The summed E-state index contributed by atoms with van der Waals surface area (Å²) >= 11 is 3.06. The van der Waals surface area contributed by atoms with Gasteiger partial charge in [-0.15, -0.1) is 21.5 Å². The molecule has 1 saturated heterocycles. The fourth-order valence-electron chi connectivity index (χ4n) is 3.91. The first kappa shape index (κ1) is 21.9. The van der Waals surface area contributed by atoms with E-state index in [0.29, 0.717) is 12.3 Å². The molecule has 0 aliphatic carbocycles. The van der Waals surface area contributed by atoms with Gasteiger partial charge in [0.2, 0.25) is 11.9 Å². The second-order valence-electron chi connectivity index (χ2n) is 8.26. The van der Waals surface area contributed by atoms with Gasteiger partial charge < -0.3 is 9.80 Å². The van der Waals surface area contributed by atoms with Gasteiger partial charge in [-0.3, -0.25) is 9.36 Å². The van der Waals surface area contributed by atoms with E-state index in [4.69, 9.17) is 0 Å². The van der Waals surface area contributed by atoms with Gasteiger partial charge in [0.1, 0.15) is 5.01 Å². The van der Waals surface area contributed by atoms with E-state index in [1.807, 2.05) is 25.2 Å². The molecule has 3 heterocycles. The SMILES string of the molecule is Cc1ccc(-n2c(SCC(=O)N(C)Cc3nc4ccccc4s3)nnc2N2CCCC2)cc1. The van der Waals surface area contributed by atoms with Crippen molar-refractivity contribution in [1.29, 1.82) is 0 Å².